The van der Waals surface area contributed by atoms with Crippen molar-refractivity contribution in [1.82, 2.24) is 15.5 Å². The van der Waals surface area contributed by atoms with Crippen LogP contribution in [0.3, 0.4) is 0 Å². The fourth-order valence-corrected chi connectivity index (χ4v) is 4.24. The summed E-state index contributed by atoms with van der Waals surface area (Å²) < 4.78 is 0. The lowest BCUT2D eigenvalue weighted by Gasteiger charge is -2.36. The van der Waals surface area contributed by atoms with Crippen molar-refractivity contribution in [3.8, 4) is 0 Å². The van der Waals surface area contributed by atoms with E-state index in [1.165, 1.54) is 0 Å². The maximum Gasteiger partial charge on any atom is 0.166 e. The molecule has 0 aromatic heterocycles. The lowest BCUT2D eigenvalue weighted by molar-refractivity contribution is -0.129. The molecule has 0 aromatic rings. The number of hydrogen-bond donors (Lipinski definition) is 2. The first-order valence-corrected chi connectivity index (χ1v) is 11.4. The van der Waals surface area contributed by atoms with Crippen LogP contribution in [-0.2, 0) is 9.59 Å². The Labute approximate surface area is 179 Å². The van der Waals surface area contributed by atoms with Gasteiger partial charge in [0.15, 0.2) is 11.6 Å². The van der Waals surface area contributed by atoms with Crippen molar-refractivity contribution in [3.05, 3.63) is 12.2 Å². The van der Waals surface area contributed by atoms with E-state index in [4.69, 9.17) is 0 Å². The second-order valence-corrected chi connectivity index (χ2v) is 9.84. The number of likely N-dealkylation sites (N-methyl/N-ethyl adjacent to an activating group) is 1. The molecule has 0 amide bonds. The molecule has 1 heterocycles. The first-order valence-electron chi connectivity index (χ1n) is 11.4. The van der Waals surface area contributed by atoms with Crippen LogP contribution in [0.25, 0.3) is 0 Å². The van der Waals surface area contributed by atoms with E-state index in [0.717, 1.165) is 51.6 Å². The Kier molecular flexibility index (Phi) is 10.7. The number of allylic oxidation sites excluding steroid dienone is 1. The molecule has 2 N–H and O–H groups in total. The predicted octanol–water partition coefficient (Wildman–Crippen LogP) is 3.73. The minimum atomic E-state index is -0.670. The number of hydrogen-bond acceptors (Lipinski definition) is 5. The summed E-state index contributed by atoms with van der Waals surface area (Å²) in [4.78, 5) is 28.5. The summed E-state index contributed by atoms with van der Waals surface area (Å²) in [6.45, 7) is 14.1. The molecule has 0 spiro atoms. The van der Waals surface area contributed by atoms with Crippen molar-refractivity contribution in [3.63, 3.8) is 0 Å². The Morgan fingerprint density at radius 2 is 1.79 bits per heavy atom. The second kappa shape index (κ2) is 12.0. The van der Waals surface area contributed by atoms with Crippen LogP contribution in [0.15, 0.2) is 12.2 Å². The molecule has 0 saturated carbocycles. The van der Waals surface area contributed by atoms with E-state index in [9.17, 15) is 9.59 Å². The number of carbonyl (C=O) groups is 2. The zero-order valence-corrected chi connectivity index (χ0v) is 19.9. The molecule has 0 unspecified atom stereocenters. The smallest absolute Gasteiger partial charge is 0.166 e. The van der Waals surface area contributed by atoms with Gasteiger partial charge in [-0.05, 0) is 73.4 Å². The molecule has 0 bridgehead atoms. The van der Waals surface area contributed by atoms with Gasteiger partial charge in [0.1, 0.15) is 0 Å². The molecule has 5 nitrogen and oxygen atoms in total. The van der Waals surface area contributed by atoms with Crippen LogP contribution >= 0.6 is 0 Å². The summed E-state index contributed by atoms with van der Waals surface area (Å²) in [5.41, 5.74) is -1.24. The molecule has 5 heteroatoms. The lowest BCUT2D eigenvalue weighted by atomic mass is 9.83. The summed E-state index contributed by atoms with van der Waals surface area (Å²) in [7, 11) is 2.12. The third kappa shape index (κ3) is 8.69. The van der Waals surface area contributed by atoms with E-state index < -0.39 is 11.1 Å². The fraction of sp³-hybridized carbons (Fsp3) is 0.833. The standard InChI is InChI=1S/C24H45N3O2/c1-19(2)22(29)24(6)15-13-17-27(7)16-12-10-8-9-11-14-23(5,26-20(3)4)21(28)18-25-24/h10,12,19-20,25-26H,8-9,11,13-18H2,1-7H3/t23-,24+/m1/s1. The molecular weight excluding hydrogens is 362 g/mol. The van der Waals surface area contributed by atoms with Crippen LogP contribution in [0, 0.1) is 5.92 Å². The molecule has 0 radical (unpaired) electrons. The van der Waals surface area contributed by atoms with Gasteiger partial charge in [-0.25, -0.2) is 0 Å². The molecule has 0 aromatic carbocycles. The Morgan fingerprint density at radius 3 is 2.41 bits per heavy atom. The Balaban J connectivity index is 3.04. The first-order chi connectivity index (χ1) is 13.5. The molecule has 29 heavy (non-hydrogen) atoms. The lowest BCUT2D eigenvalue weighted by Crippen LogP contribution is -2.59. The van der Waals surface area contributed by atoms with Gasteiger partial charge in [-0.15, -0.1) is 0 Å². The van der Waals surface area contributed by atoms with E-state index in [-0.39, 0.29) is 30.1 Å². The minimum absolute atomic E-state index is 0.0611. The monoisotopic (exact) mass is 407 g/mol. The highest BCUT2D eigenvalue weighted by Gasteiger charge is 2.37. The minimum Gasteiger partial charge on any atom is -0.303 e. The molecule has 0 fully saturated rings. The second-order valence-electron chi connectivity index (χ2n) is 9.84. The molecule has 1 aliphatic rings. The van der Waals surface area contributed by atoms with Gasteiger partial charge in [0.05, 0.1) is 17.6 Å². The molecular formula is C24H45N3O2. The predicted molar refractivity (Wildman–Crippen MR) is 122 cm³/mol. The fourth-order valence-electron chi connectivity index (χ4n) is 4.24. The molecule has 0 saturated heterocycles. The van der Waals surface area contributed by atoms with Crippen molar-refractivity contribution in [2.45, 2.75) is 97.2 Å². The van der Waals surface area contributed by atoms with Gasteiger partial charge in [-0.2, -0.15) is 0 Å². The van der Waals surface area contributed by atoms with E-state index in [1.54, 1.807) is 0 Å². The van der Waals surface area contributed by atoms with E-state index >= 15 is 0 Å². The van der Waals surface area contributed by atoms with Crippen LogP contribution < -0.4 is 10.6 Å². The van der Waals surface area contributed by atoms with Crippen molar-refractivity contribution in [2.75, 3.05) is 26.7 Å². The average molecular weight is 408 g/mol. The van der Waals surface area contributed by atoms with Gasteiger partial charge in [0.2, 0.25) is 0 Å². The number of nitrogens with one attached hydrogen (secondary N) is 2. The Bertz CT molecular complexity index is 558. The van der Waals surface area contributed by atoms with Crippen molar-refractivity contribution < 1.29 is 9.59 Å². The largest absolute Gasteiger partial charge is 0.303 e. The zero-order chi connectivity index (χ0) is 22.1. The molecule has 1 rings (SSSR count). The van der Waals surface area contributed by atoms with Crippen molar-refractivity contribution >= 4 is 11.6 Å². The maximum atomic E-state index is 13.2. The van der Waals surface area contributed by atoms with Crippen LogP contribution in [0.4, 0.5) is 0 Å². The summed E-state index contributed by atoms with van der Waals surface area (Å²) in [6.07, 6.45) is 10.1. The maximum absolute atomic E-state index is 13.2. The SMILES string of the molecule is CC(C)N[C@]1(C)CCCCC=CCN(C)CCC[C@@](C)(C(=O)C(C)C)NCC1=O. The first kappa shape index (κ1) is 26.0. The van der Waals surface area contributed by atoms with Crippen LogP contribution in [-0.4, -0.2) is 60.3 Å². The van der Waals surface area contributed by atoms with Gasteiger partial charge in [-0.3, -0.25) is 14.9 Å². The van der Waals surface area contributed by atoms with E-state index in [2.05, 4.69) is 48.6 Å². The Hall–Kier alpha value is -1.04. The third-order valence-electron chi connectivity index (χ3n) is 6.03. The number of rotatable bonds is 4. The molecule has 2 atom stereocenters. The van der Waals surface area contributed by atoms with E-state index in [1.807, 2.05) is 27.7 Å². The van der Waals surface area contributed by atoms with Gasteiger partial charge in [0, 0.05) is 18.5 Å². The summed E-state index contributed by atoms with van der Waals surface area (Å²) in [5, 5.41) is 6.88. The highest BCUT2D eigenvalue weighted by Crippen LogP contribution is 2.22. The van der Waals surface area contributed by atoms with Crippen LogP contribution in [0.2, 0.25) is 0 Å². The summed E-state index contributed by atoms with van der Waals surface area (Å²) >= 11 is 0. The summed E-state index contributed by atoms with van der Waals surface area (Å²) in [6, 6.07) is 0.230. The van der Waals surface area contributed by atoms with Gasteiger partial charge >= 0.3 is 0 Å². The zero-order valence-electron chi connectivity index (χ0n) is 19.9. The number of nitrogens with zero attached hydrogens (tertiary/aromatic N) is 1. The average Bonchev–Trinajstić information content (AvgIpc) is 2.63. The van der Waals surface area contributed by atoms with Crippen LogP contribution in [0.5, 0.6) is 0 Å². The highest BCUT2D eigenvalue weighted by atomic mass is 16.1. The van der Waals surface area contributed by atoms with Gasteiger partial charge in [0.25, 0.3) is 0 Å². The van der Waals surface area contributed by atoms with E-state index in [0.29, 0.717) is 0 Å². The number of ketones is 2. The Morgan fingerprint density at radius 1 is 1.10 bits per heavy atom. The van der Waals surface area contributed by atoms with Crippen molar-refractivity contribution in [2.24, 2.45) is 5.92 Å². The molecule has 0 aliphatic carbocycles. The highest BCUT2D eigenvalue weighted by molar-refractivity contribution is 5.93. The topological polar surface area (TPSA) is 61.4 Å². The molecule has 1 aliphatic heterocycles. The van der Waals surface area contributed by atoms with Crippen LogP contribution in [0.1, 0.15) is 80.1 Å². The third-order valence-corrected chi connectivity index (χ3v) is 6.03. The number of Topliss-reactive ketones (excluding diaryl/α,β-unsaturated/α-hetero) is 2. The summed E-state index contributed by atoms with van der Waals surface area (Å²) in [5.74, 6) is 0.273. The van der Waals surface area contributed by atoms with Crippen molar-refractivity contribution in [1.29, 1.82) is 0 Å². The normalized spacial score (nSPS) is 29.5. The quantitative estimate of drug-likeness (QED) is 0.696. The van der Waals surface area contributed by atoms with Gasteiger partial charge < -0.3 is 10.2 Å². The van der Waals surface area contributed by atoms with Gasteiger partial charge in [-0.1, -0.05) is 32.4 Å². The molecule has 168 valence electrons. The number of carbonyl (C=O) groups excluding carboxylic acids is 2.